The first kappa shape index (κ1) is 22.0. The number of nitrogens with two attached hydrogens (primary N) is 1. The zero-order valence-corrected chi connectivity index (χ0v) is 19.7. The van der Waals surface area contributed by atoms with Gasteiger partial charge >= 0.3 is 5.97 Å². The summed E-state index contributed by atoms with van der Waals surface area (Å²) in [5.74, 6) is 5.22. The van der Waals surface area contributed by atoms with Crippen molar-refractivity contribution in [3.8, 4) is 10.4 Å². The van der Waals surface area contributed by atoms with Gasteiger partial charge in [-0.2, -0.15) is 0 Å². The molecule has 1 fully saturated rings. The van der Waals surface area contributed by atoms with Gasteiger partial charge in [0.05, 0.1) is 11.0 Å². The van der Waals surface area contributed by atoms with Crippen molar-refractivity contribution in [2.24, 2.45) is 16.7 Å². The topological polar surface area (TPSA) is 86.9 Å². The van der Waals surface area contributed by atoms with E-state index in [0.29, 0.717) is 18.7 Å². The Morgan fingerprint density at radius 1 is 1.29 bits per heavy atom. The van der Waals surface area contributed by atoms with E-state index in [9.17, 15) is 14.7 Å². The van der Waals surface area contributed by atoms with E-state index in [-0.39, 0.29) is 16.7 Å². The molecule has 1 saturated heterocycles. The van der Waals surface area contributed by atoms with Gasteiger partial charge in [-0.1, -0.05) is 19.9 Å². The number of carbonyl (C=O) groups excluding carboxylic acids is 1. The number of thiophene rings is 1. The highest BCUT2D eigenvalue weighted by Crippen LogP contribution is 2.46. The average molecular weight is 442 g/mol. The van der Waals surface area contributed by atoms with Gasteiger partial charge < -0.3 is 10.0 Å². The first-order chi connectivity index (χ1) is 14.4. The lowest BCUT2D eigenvalue weighted by Gasteiger charge is -2.44. The lowest BCUT2D eigenvalue weighted by molar-refractivity contribution is -0.132. The van der Waals surface area contributed by atoms with Crippen LogP contribution in [0, 0.1) is 10.8 Å². The molecule has 0 radical (unpaired) electrons. The molecule has 0 spiro atoms. The molecule has 1 amide bonds. The first-order valence-corrected chi connectivity index (χ1v) is 11.5. The summed E-state index contributed by atoms with van der Waals surface area (Å²) in [5, 5.41) is 11.7. The third-order valence-corrected chi connectivity index (χ3v) is 7.76. The van der Waals surface area contributed by atoms with E-state index in [0.717, 1.165) is 46.5 Å². The van der Waals surface area contributed by atoms with Crippen LogP contribution in [0.5, 0.6) is 0 Å². The van der Waals surface area contributed by atoms with Crippen LogP contribution in [-0.4, -0.2) is 35.6 Å². The molecule has 6 nitrogen and oxygen atoms in total. The fourth-order valence-electron chi connectivity index (χ4n) is 4.72. The van der Waals surface area contributed by atoms with E-state index >= 15 is 0 Å². The van der Waals surface area contributed by atoms with Gasteiger partial charge in [0.1, 0.15) is 0 Å². The molecule has 2 aliphatic rings. The SMILES string of the molecule is CN(N)Cc1cc(N2CC(C)(C)C2=O)ccc1-c1sc2c(c1C(=O)O)CC(C)(C)CC2. The maximum Gasteiger partial charge on any atom is 0.337 e. The summed E-state index contributed by atoms with van der Waals surface area (Å²) in [6, 6.07) is 5.87. The van der Waals surface area contributed by atoms with Gasteiger partial charge in [0.15, 0.2) is 0 Å². The summed E-state index contributed by atoms with van der Waals surface area (Å²) >= 11 is 1.60. The number of hydrogen-bond donors (Lipinski definition) is 2. The number of aromatic carboxylic acids is 1. The Labute approximate surface area is 187 Å². The minimum absolute atomic E-state index is 0.102. The van der Waals surface area contributed by atoms with Crippen molar-refractivity contribution in [2.45, 2.75) is 53.5 Å². The number of anilines is 1. The Morgan fingerprint density at radius 2 is 2.00 bits per heavy atom. The number of nitrogens with zero attached hydrogens (tertiary/aromatic N) is 2. The number of carboxylic acid groups (broad SMARTS) is 1. The molecule has 0 unspecified atom stereocenters. The zero-order chi connectivity index (χ0) is 22.7. The van der Waals surface area contributed by atoms with Gasteiger partial charge in [-0.25, -0.2) is 9.80 Å². The Bertz CT molecular complexity index is 1070. The van der Waals surface area contributed by atoms with Crippen LogP contribution >= 0.6 is 11.3 Å². The number of hydrogen-bond acceptors (Lipinski definition) is 5. The van der Waals surface area contributed by atoms with Crippen molar-refractivity contribution in [1.29, 1.82) is 0 Å². The van der Waals surface area contributed by atoms with Gasteiger partial charge in [-0.05, 0) is 67.3 Å². The van der Waals surface area contributed by atoms with Crippen molar-refractivity contribution in [1.82, 2.24) is 5.01 Å². The van der Waals surface area contributed by atoms with Crippen molar-refractivity contribution >= 4 is 28.9 Å². The molecule has 1 aliphatic carbocycles. The van der Waals surface area contributed by atoms with Gasteiger partial charge in [0.2, 0.25) is 5.91 Å². The van der Waals surface area contributed by atoms with Crippen LogP contribution in [0.4, 0.5) is 5.69 Å². The van der Waals surface area contributed by atoms with Gasteiger partial charge in [0.25, 0.3) is 0 Å². The molecule has 2 aromatic rings. The number of carboxylic acids is 1. The molecule has 166 valence electrons. The average Bonchev–Trinajstić information content (AvgIpc) is 3.02. The number of fused-ring (bicyclic) bond motifs is 1. The zero-order valence-electron chi connectivity index (χ0n) is 18.9. The highest BCUT2D eigenvalue weighted by atomic mass is 32.1. The third-order valence-electron chi connectivity index (χ3n) is 6.43. The predicted molar refractivity (Wildman–Crippen MR) is 124 cm³/mol. The van der Waals surface area contributed by atoms with Crippen LogP contribution in [0.15, 0.2) is 18.2 Å². The molecule has 0 atom stereocenters. The second-order valence-corrected chi connectivity index (χ2v) is 11.5. The van der Waals surface area contributed by atoms with Crippen LogP contribution < -0.4 is 10.7 Å². The standard InChI is InChI=1S/C24H31N3O3S/c1-23(2)9-8-18-17(11-23)19(21(28)29)20(31-18)16-7-6-15(10-14(16)12-26(5)25)27-13-24(3,4)22(27)30/h6-7,10H,8-9,11-13,25H2,1-5H3,(H,28,29). The molecule has 1 aliphatic heterocycles. The monoisotopic (exact) mass is 441 g/mol. The number of amides is 1. The van der Waals surface area contributed by atoms with E-state index in [2.05, 4.69) is 13.8 Å². The molecule has 3 N–H and O–H groups in total. The Balaban J connectivity index is 1.82. The van der Waals surface area contributed by atoms with E-state index in [4.69, 9.17) is 5.84 Å². The third kappa shape index (κ3) is 3.90. The number of aryl methyl sites for hydroxylation is 1. The quantitative estimate of drug-likeness (QED) is 0.410. The predicted octanol–water partition coefficient (Wildman–Crippen LogP) is 4.31. The van der Waals surface area contributed by atoms with Crippen molar-refractivity contribution in [2.75, 3.05) is 18.5 Å². The van der Waals surface area contributed by atoms with Crippen molar-refractivity contribution in [3.63, 3.8) is 0 Å². The Morgan fingerprint density at radius 3 is 2.58 bits per heavy atom. The highest BCUT2D eigenvalue weighted by molar-refractivity contribution is 7.16. The number of β-lactam (4-membered cyclic amide) rings is 1. The molecule has 31 heavy (non-hydrogen) atoms. The van der Waals surface area contributed by atoms with E-state index in [1.165, 1.54) is 4.88 Å². The normalized spacial score (nSPS) is 19.3. The van der Waals surface area contributed by atoms with Crippen LogP contribution in [0.2, 0.25) is 0 Å². The van der Waals surface area contributed by atoms with E-state index in [1.807, 2.05) is 32.0 Å². The second kappa shape index (κ2) is 7.43. The summed E-state index contributed by atoms with van der Waals surface area (Å²) in [6.45, 7) is 9.44. The second-order valence-electron chi connectivity index (χ2n) is 10.4. The number of hydrazine groups is 1. The number of benzene rings is 1. The minimum Gasteiger partial charge on any atom is -0.478 e. The van der Waals surface area contributed by atoms with Crippen LogP contribution in [-0.2, 0) is 24.2 Å². The molecule has 1 aromatic carbocycles. The maximum atomic E-state index is 12.5. The Hall–Kier alpha value is -2.22. The lowest BCUT2D eigenvalue weighted by Crippen LogP contribution is -2.58. The minimum atomic E-state index is -0.874. The van der Waals surface area contributed by atoms with Gasteiger partial charge in [-0.3, -0.25) is 10.6 Å². The van der Waals surface area contributed by atoms with E-state index in [1.54, 1.807) is 28.3 Å². The summed E-state index contributed by atoms with van der Waals surface area (Å²) in [7, 11) is 1.79. The number of rotatable bonds is 5. The van der Waals surface area contributed by atoms with E-state index < -0.39 is 5.97 Å². The lowest BCUT2D eigenvalue weighted by atomic mass is 9.76. The van der Waals surface area contributed by atoms with Crippen LogP contribution in [0.1, 0.15) is 60.5 Å². The maximum absolute atomic E-state index is 12.5. The molecule has 2 heterocycles. The summed E-state index contributed by atoms with van der Waals surface area (Å²) in [4.78, 5) is 28.6. The van der Waals surface area contributed by atoms with Crippen LogP contribution in [0.25, 0.3) is 10.4 Å². The number of carbonyl (C=O) groups is 2. The molecule has 1 aromatic heterocycles. The molecular formula is C24H31N3O3S. The summed E-state index contributed by atoms with van der Waals surface area (Å²) in [5.41, 5.74) is 3.85. The fraction of sp³-hybridized carbons (Fsp3) is 0.500. The molecule has 4 rings (SSSR count). The largest absolute Gasteiger partial charge is 0.478 e. The first-order valence-electron chi connectivity index (χ1n) is 10.7. The highest BCUT2D eigenvalue weighted by Gasteiger charge is 2.45. The van der Waals surface area contributed by atoms with Gasteiger partial charge in [-0.15, -0.1) is 11.3 Å². The molecule has 0 saturated carbocycles. The fourth-order valence-corrected chi connectivity index (χ4v) is 6.09. The van der Waals surface area contributed by atoms with Crippen molar-refractivity contribution in [3.05, 3.63) is 39.8 Å². The summed E-state index contributed by atoms with van der Waals surface area (Å²) in [6.07, 6.45) is 2.75. The van der Waals surface area contributed by atoms with Crippen LogP contribution in [0.3, 0.4) is 0 Å². The smallest absolute Gasteiger partial charge is 0.337 e. The molecule has 0 bridgehead atoms. The van der Waals surface area contributed by atoms with Gasteiger partial charge in [0, 0.05) is 35.6 Å². The molecule has 7 heteroatoms. The van der Waals surface area contributed by atoms with Crippen molar-refractivity contribution < 1.29 is 14.7 Å². The Kier molecular flexibility index (Phi) is 5.27. The summed E-state index contributed by atoms with van der Waals surface area (Å²) < 4.78 is 0. The molecular weight excluding hydrogens is 410 g/mol.